The third-order valence-corrected chi connectivity index (χ3v) is 6.50. The molecule has 0 saturated carbocycles. The third-order valence-electron chi connectivity index (χ3n) is 4.45. The van der Waals surface area contributed by atoms with Crippen LogP contribution in [0, 0.1) is 5.41 Å². The van der Waals surface area contributed by atoms with Gasteiger partial charge in [-0.2, -0.15) is 9.39 Å². The van der Waals surface area contributed by atoms with Gasteiger partial charge >= 0.3 is 0 Å². The van der Waals surface area contributed by atoms with Crippen LogP contribution >= 0.6 is 23.5 Å². The number of amidine groups is 3. The molecule has 4 rings (SSSR count). The molecular weight excluding hydrogens is 488 g/mol. The first-order valence-corrected chi connectivity index (χ1v) is 12.6. The maximum atomic E-state index is 12.4. The number of nitrogens with zero attached hydrogens (tertiary/aromatic N) is 3. The number of hydrogen-bond donors (Lipinski definition) is 1. The number of carbonyl (C=O) groups is 1. The molecule has 12 heteroatoms. The summed E-state index contributed by atoms with van der Waals surface area (Å²) in [5, 5.41) is 8.36. The normalized spacial score (nSPS) is 17.0. The number of nitrogens with one attached hydrogen (secondary N) is 1. The SMILES string of the molecule is CS(=O)(=O)C1=NSC2=NC(=O)/C(=C\c3ccc(OCCOc4ccccc4)c(Cl)c3)C(=N)N21. The van der Waals surface area contributed by atoms with Gasteiger partial charge in [0.2, 0.25) is 20.2 Å². The Labute approximate surface area is 199 Å². The minimum Gasteiger partial charge on any atom is -0.490 e. The molecule has 2 heterocycles. The first-order valence-electron chi connectivity index (χ1n) is 9.53. The van der Waals surface area contributed by atoms with Gasteiger partial charge in [-0.25, -0.2) is 13.3 Å². The summed E-state index contributed by atoms with van der Waals surface area (Å²) in [5.41, 5.74) is 0.433. The molecule has 1 amide bonds. The molecule has 2 aliphatic rings. The highest BCUT2D eigenvalue weighted by molar-refractivity contribution is 8.16. The molecule has 0 fully saturated rings. The summed E-state index contributed by atoms with van der Waals surface area (Å²) in [4.78, 5) is 17.3. The number of ether oxygens (including phenoxy) is 2. The van der Waals surface area contributed by atoms with Gasteiger partial charge in [-0.3, -0.25) is 10.2 Å². The largest absolute Gasteiger partial charge is 0.490 e. The summed E-state index contributed by atoms with van der Waals surface area (Å²) in [6.45, 7) is 0.603. The summed E-state index contributed by atoms with van der Waals surface area (Å²) in [6.07, 6.45) is 2.40. The summed E-state index contributed by atoms with van der Waals surface area (Å²) < 4.78 is 39.0. The van der Waals surface area contributed by atoms with Gasteiger partial charge in [-0.05, 0) is 35.9 Å². The summed E-state index contributed by atoms with van der Waals surface area (Å²) in [6, 6.07) is 14.2. The van der Waals surface area contributed by atoms with E-state index in [0.29, 0.717) is 22.9 Å². The Morgan fingerprint density at radius 1 is 1.15 bits per heavy atom. The lowest BCUT2D eigenvalue weighted by Gasteiger charge is -2.23. The molecule has 2 aliphatic heterocycles. The van der Waals surface area contributed by atoms with Crippen molar-refractivity contribution >= 4 is 61.5 Å². The van der Waals surface area contributed by atoms with Gasteiger partial charge in [-0.1, -0.05) is 35.9 Å². The van der Waals surface area contributed by atoms with Crippen LogP contribution in [0.2, 0.25) is 5.02 Å². The van der Waals surface area contributed by atoms with Crippen LogP contribution in [0.15, 0.2) is 63.5 Å². The van der Waals surface area contributed by atoms with E-state index >= 15 is 0 Å². The van der Waals surface area contributed by atoms with Crippen LogP contribution in [0.1, 0.15) is 5.56 Å². The zero-order chi connectivity index (χ0) is 23.6. The number of sulfone groups is 1. The van der Waals surface area contributed by atoms with Gasteiger partial charge in [-0.15, -0.1) is 0 Å². The lowest BCUT2D eigenvalue weighted by molar-refractivity contribution is -0.114. The molecule has 0 spiro atoms. The molecular formula is C21H17ClN4O5S2. The highest BCUT2D eigenvalue weighted by Gasteiger charge is 2.41. The molecule has 0 aliphatic carbocycles. The fourth-order valence-corrected chi connectivity index (χ4v) is 5.04. The van der Waals surface area contributed by atoms with Crippen LogP contribution in [-0.4, -0.2) is 54.9 Å². The van der Waals surface area contributed by atoms with E-state index in [-0.39, 0.29) is 28.4 Å². The number of benzene rings is 2. The molecule has 0 radical (unpaired) electrons. The van der Waals surface area contributed by atoms with Gasteiger partial charge in [0.1, 0.15) is 30.5 Å². The van der Waals surface area contributed by atoms with Crippen molar-refractivity contribution in [1.82, 2.24) is 4.90 Å². The molecule has 9 nitrogen and oxygen atoms in total. The van der Waals surface area contributed by atoms with Crippen LogP contribution in [-0.2, 0) is 14.6 Å². The lowest BCUT2D eigenvalue weighted by Crippen LogP contribution is -2.45. The van der Waals surface area contributed by atoms with E-state index in [1.807, 2.05) is 30.3 Å². The summed E-state index contributed by atoms with van der Waals surface area (Å²) in [7, 11) is -3.71. The smallest absolute Gasteiger partial charge is 0.283 e. The second-order valence-corrected chi connectivity index (χ2v) is 9.93. The van der Waals surface area contributed by atoms with E-state index in [1.165, 1.54) is 6.08 Å². The molecule has 2 aromatic rings. The van der Waals surface area contributed by atoms with Crippen LogP contribution in [0.5, 0.6) is 11.5 Å². The zero-order valence-corrected chi connectivity index (χ0v) is 19.6. The minimum atomic E-state index is -3.71. The fourth-order valence-electron chi connectivity index (χ4n) is 2.96. The Kier molecular flexibility index (Phi) is 6.54. The number of para-hydroxylation sites is 1. The van der Waals surface area contributed by atoms with Gasteiger partial charge in [0.15, 0.2) is 0 Å². The lowest BCUT2D eigenvalue weighted by atomic mass is 10.1. The molecule has 0 bridgehead atoms. The first-order chi connectivity index (χ1) is 15.7. The maximum Gasteiger partial charge on any atom is 0.283 e. The first kappa shape index (κ1) is 23.0. The highest BCUT2D eigenvalue weighted by atomic mass is 35.5. The van der Waals surface area contributed by atoms with E-state index in [9.17, 15) is 13.2 Å². The molecule has 170 valence electrons. The quantitative estimate of drug-likeness (QED) is 0.363. The van der Waals surface area contributed by atoms with Crippen LogP contribution in [0.25, 0.3) is 6.08 Å². The third kappa shape index (κ3) is 5.10. The standard InChI is InChI=1S/C21H17ClN4O5S2/c1-33(28,29)21-25-32-20-24-19(27)15(18(23)26(20)21)11-13-7-8-17(16(22)12-13)31-10-9-30-14-5-3-2-4-6-14/h2-8,11-12,23H,9-10H2,1H3/b15-11-,23-18?. The van der Waals surface area contributed by atoms with E-state index in [1.54, 1.807) is 18.2 Å². The fraction of sp³-hybridized carbons (Fsp3) is 0.143. The maximum absolute atomic E-state index is 12.4. The van der Waals surface area contributed by atoms with Crippen molar-refractivity contribution in [3.05, 3.63) is 64.7 Å². The van der Waals surface area contributed by atoms with Crippen LogP contribution < -0.4 is 9.47 Å². The molecule has 1 N–H and O–H groups in total. The number of rotatable bonds is 6. The predicted molar refractivity (Wildman–Crippen MR) is 129 cm³/mol. The topological polar surface area (TPSA) is 121 Å². The van der Waals surface area contributed by atoms with E-state index in [4.69, 9.17) is 26.5 Å². The Bertz CT molecular complexity index is 1320. The second kappa shape index (κ2) is 9.38. The zero-order valence-electron chi connectivity index (χ0n) is 17.2. The van der Waals surface area contributed by atoms with Crippen molar-refractivity contribution in [3.63, 3.8) is 0 Å². The molecule has 0 aromatic heterocycles. The van der Waals surface area contributed by atoms with Gasteiger partial charge in [0, 0.05) is 6.26 Å². The number of aliphatic imine (C=N–C) groups is 1. The van der Waals surface area contributed by atoms with Crippen molar-refractivity contribution in [2.75, 3.05) is 19.5 Å². The van der Waals surface area contributed by atoms with Crippen LogP contribution in [0.3, 0.4) is 0 Å². The number of amides is 1. The molecule has 0 unspecified atom stereocenters. The number of hydrogen-bond acceptors (Lipinski definition) is 8. The Morgan fingerprint density at radius 3 is 2.58 bits per heavy atom. The number of carbonyl (C=O) groups excluding carboxylic acids is 1. The van der Waals surface area contributed by atoms with Crippen molar-refractivity contribution in [2.24, 2.45) is 9.39 Å². The monoisotopic (exact) mass is 504 g/mol. The Hall–Kier alpha value is -3.15. The van der Waals surface area contributed by atoms with Crippen molar-refractivity contribution < 1.29 is 22.7 Å². The average molecular weight is 505 g/mol. The predicted octanol–water partition coefficient (Wildman–Crippen LogP) is 3.42. The van der Waals surface area contributed by atoms with Crippen LogP contribution in [0.4, 0.5) is 0 Å². The number of fused-ring (bicyclic) bond motifs is 1. The minimum absolute atomic E-state index is 0.0297. The van der Waals surface area contributed by atoms with Gasteiger partial charge in [0.05, 0.1) is 22.5 Å². The van der Waals surface area contributed by atoms with E-state index in [0.717, 1.165) is 28.9 Å². The van der Waals surface area contributed by atoms with E-state index < -0.39 is 15.7 Å². The summed E-state index contributed by atoms with van der Waals surface area (Å²) in [5.74, 6) is 0.176. The highest BCUT2D eigenvalue weighted by Crippen LogP contribution is 2.31. The molecule has 0 atom stereocenters. The van der Waals surface area contributed by atoms with Crippen molar-refractivity contribution in [2.45, 2.75) is 0 Å². The summed E-state index contributed by atoms with van der Waals surface area (Å²) >= 11 is 7.05. The molecule has 2 aromatic carbocycles. The Morgan fingerprint density at radius 2 is 1.88 bits per heavy atom. The van der Waals surface area contributed by atoms with Crippen molar-refractivity contribution in [1.29, 1.82) is 5.41 Å². The molecule has 33 heavy (non-hydrogen) atoms. The van der Waals surface area contributed by atoms with Gasteiger partial charge < -0.3 is 9.47 Å². The van der Waals surface area contributed by atoms with Gasteiger partial charge in [0.25, 0.3) is 5.91 Å². The van der Waals surface area contributed by atoms with E-state index in [2.05, 4.69) is 9.39 Å². The molecule has 0 saturated heterocycles. The van der Waals surface area contributed by atoms with Crippen molar-refractivity contribution in [3.8, 4) is 11.5 Å². The number of halogens is 1. The Balaban J connectivity index is 1.46. The average Bonchev–Trinajstić information content (AvgIpc) is 3.20. The second-order valence-electron chi connectivity index (χ2n) is 6.88.